The average molecular weight is 233 g/mol. The molecule has 0 amide bonds. The van der Waals surface area contributed by atoms with Crippen LogP contribution in [0.3, 0.4) is 0 Å². The molecule has 2 nitrogen and oxygen atoms in total. The highest BCUT2D eigenvalue weighted by Crippen LogP contribution is 2.24. The van der Waals surface area contributed by atoms with Gasteiger partial charge in [-0.25, -0.2) is 9.97 Å². The van der Waals surface area contributed by atoms with Crippen molar-refractivity contribution in [2.45, 2.75) is 26.7 Å². The number of nitrogens with zero attached hydrogens (tertiary/aromatic N) is 2. The number of hydrogen-bond donors (Lipinski definition) is 0. The molecule has 1 aromatic heterocycles. The molecular weight excluding hydrogens is 223 g/mol. The molecule has 0 aromatic carbocycles. The first-order valence-corrected chi connectivity index (χ1v) is 4.51. The standard InChI is InChI=1S/C8H10BrFN2/c1-4(2)7-6(9)5(3)11-8(10)12-7/h4H,1-3H3. The van der Waals surface area contributed by atoms with Gasteiger partial charge in [0.1, 0.15) is 0 Å². The van der Waals surface area contributed by atoms with Gasteiger partial charge in [0.05, 0.1) is 15.9 Å². The van der Waals surface area contributed by atoms with E-state index in [9.17, 15) is 4.39 Å². The molecule has 0 saturated heterocycles. The minimum atomic E-state index is -0.653. The number of halogens is 2. The minimum Gasteiger partial charge on any atom is -0.206 e. The van der Waals surface area contributed by atoms with Crippen molar-refractivity contribution in [2.75, 3.05) is 0 Å². The molecule has 4 heteroatoms. The lowest BCUT2D eigenvalue weighted by molar-refractivity contribution is 0.522. The van der Waals surface area contributed by atoms with Crippen LogP contribution in [0.4, 0.5) is 4.39 Å². The Balaban J connectivity index is 3.28. The molecule has 0 N–H and O–H groups in total. The number of aryl methyl sites for hydroxylation is 1. The third-order valence-corrected chi connectivity index (χ3v) is 2.54. The Bertz CT molecular complexity index is 299. The van der Waals surface area contributed by atoms with Gasteiger partial charge in [0.25, 0.3) is 0 Å². The molecule has 0 aliphatic heterocycles. The van der Waals surface area contributed by atoms with Gasteiger partial charge in [-0.15, -0.1) is 0 Å². The summed E-state index contributed by atoms with van der Waals surface area (Å²) in [4.78, 5) is 7.30. The van der Waals surface area contributed by atoms with Crippen LogP contribution in [0.25, 0.3) is 0 Å². The van der Waals surface area contributed by atoms with Crippen molar-refractivity contribution in [3.63, 3.8) is 0 Å². The maximum atomic E-state index is 12.7. The van der Waals surface area contributed by atoms with Crippen LogP contribution in [0.2, 0.25) is 0 Å². The topological polar surface area (TPSA) is 25.8 Å². The molecule has 0 unspecified atom stereocenters. The number of hydrogen-bond acceptors (Lipinski definition) is 2. The van der Waals surface area contributed by atoms with Crippen LogP contribution in [-0.2, 0) is 0 Å². The lowest BCUT2D eigenvalue weighted by atomic mass is 10.1. The van der Waals surface area contributed by atoms with E-state index in [0.717, 1.165) is 10.2 Å². The molecule has 0 radical (unpaired) electrons. The highest BCUT2D eigenvalue weighted by Gasteiger charge is 2.11. The van der Waals surface area contributed by atoms with Gasteiger partial charge in [-0.3, -0.25) is 0 Å². The van der Waals surface area contributed by atoms with Crippen molar-refractivity contribution >= 4 is 15.9 Å². The van der Waals surface area contributed by atoms with Crippen molar-refractivity contribution in [2.24, 2.45) is 0 Å². The second-order valence-electron chi connectivity index (χ2n) is 2.93. The van der Waals surface area contributed by atoms with Crippen LogP contribution in [0, 0.1) is 13.0 Å². The van der Waals surface area contributed by atoms with Gasteiger partial charge in [0.15, 0.2) is 0 Å². The van der Waals surface area contributed by atoms with Gasteiger partial charge in [-0.1, -0.05) is 13.8 Å². The molecule has 0 saturated carbocycles. The summed E-state index contributed by atoms with van der Waals surface area (Å²) in [7, 11) is 0. The van der Waals surface area contributed by atoms with Gasteiger partial charge in [0.2, 0.25) is 0 Å². The van der Waals surface area contributed by atoms with Crippen molar-refractivity contribution in [1.29, 1.82) is 0 Å². The van der Waals surface area contributed by atoms with Crippen LogP contribution in [-0.4, -0.2) is 9.97 Å². The summed E-state index contributed by atoms with van der Waals surface area (Å²) in [5.74, 6) is 0.204. The van der Waals surface area contributed by atoms with Crippen LogP contribution in [0.1, 0.15) is 31.2 Å². The van der Waals surface area contributed by atoms with E-state index < -0.39 is 6.08 Å². The third kappa shape index (κ3) is 1.80. The summed E-state index contributed by atoms with van der Waals surface area (Å²) in [5.41, 5.74) is 1.37. The Hall–Kier alpha value is -0.510. The van der Waals surface area contributed by atoms with E-state index >= 15 is 0 Å². The number of rotatable bonds is 1. The summed E-state index contributed by atoms with van der Waals surface area (Å²) >= 11 is 3.32. The fourth-order valence-corrected chi connectivity index (χ4v) is 1.56. The molecule has 1 aromatic rings. The predicted octanol–water partition coefficient (Wildman–Crippen LogP) is 2.81. The molecule has 0 aliphatic carbocycles. The first kappa shape index (κ1) is 9.58. The molecule has 0 bridgehead atoms. The fourth-order valence-electron chi connectivity index (χ4n) is 0.929. The first-order valence-electron chi connectivity index (χ1n) is 3.72. The summed E-state index contributed by atoms with van der Waals surface area (Å²) in [6.45, 7) is 5.68. The van der Waals surface area contributed by atoms with E-state index in [1.165, 1.54) is 0 Å². The van der Waals surface area contributed by atoms with E-state index in [4.69, 9.17) is 0 Å². The summed E-state index contributed by atoms with van der Waals surface area (Å²) in [6.07, 6.45) is -0.653. The van der Waals surface area contributed by atoms with Gasteiger partial charge in [-0.05, 0) is 28.8 Å². The summed E-state index contributed by atoms with van der Waals surface area (Å²) in [6, 6.07) is 0. The Morgan fingerprint density at radius 1 is 1.33 bits per heavy atom. The zero-order valence-electron chi connectivity index (χ0n) is 7.23. The molecular formula is C8H10BrFN2. The highest BCUT2D eigenvalue weighted by molar-refractivity contribution is 9.10. The van der Waals surface area contributed by atoms with E-state index in [2.05, 4.69) is 25.9 Å². The SMILES string of the molecule is Cc1nc(F)nc(C(C)C)c1Br. The van der Waals surface area contributed by atoms with Crippen molar-refractivity contribution < 1.29 is 4.39 Å². The minimum absolute atomic E-state index is 0.204. The van der Waals surface area contributed by atoms with Gasteiger partial charge < -0.3 is 0 Å². The Morgan fingerprint density at radius 3 is 2.42 bits per heavy atom. The monoisotopic (exact) mass is 232 g/mol. The van der Waals surface area contributed by atoms with Crippen LogP contribution in [0.5, 0.6) is 0 Å². The second kappa shape index (κ2) is 3.47. The second-order valence-corrected chi connectivity index (χ2v) is 3.72. The van der Waals surface area contributed by atoms with E-state index in [1.807, 2.05) is 13.8 Å². The Kier molecular flexibility index (Phi) is 2.77. The maximum absolute atomic E-state index is 12.7. The zero-order valence-corrected chi connectivity index (χ0v) is 8.81. The lowest BCUT2D eigenvalue weighted by Crippen LogP contribution is -2.02. The molecule has 1 heterocycles. The first-order chi connectivity index (χ1) is 5.52. The molecule has 66 valence electrons. The number of aromatic nitrogens is 2. The van der Waals surface area contributed by atoms with Crippen molar-refractivity contribution in [3.05, 3.63) is 21.9 Å². The maximum Gasteiger partial charge on any atom is 0.309 e. The van der Waals surface area contributed by atoms with Crippen molar-refractivity contribution in [3.8, 4) is 0 Å². The predicted molar refractivity (Wildman–Crippen MR) is 48.5 cm³/mol. The normalized spacial score (nSPS) is 10.8. The smallest absolute Gasteiger partial charge is 0.206 e. The zero-order chi connectivity index (χ0) is 9.30. The van der Waals surface area contributed by atoms with Crippen molar-refractivity contribution in [1.82, 2.24) is 9.97 Å². The van der Waals surface area contributed by atoms with Crippen LogP contribution in [0.15, 0.2) is 4.47 Å². The quantitative estimate of drug-likeness (QED) is 0.697. The van der Waals surface area contributed by atoms with Crippen LogP contribution < -0.4 is 0 Å². The molecule has 0 spiro atoms. The lowest BCUT2D eigenvalue weighted by Gasteiger charge is -2.07. The summed E-state index contributed by atoms with van der Waals surface area (Å²) in [5, 5.41) is 0. The molecule has 0 aliphatic rings. The Labute approximate surface area is 79.4 Å². The highest BCUT2D eigenvalue weighted by atomic mass is 79.9. The summed E-state index contributed by atoms with van der Waals surface area (Å²) < 4.78 is 13.5. The average Bonchev–Trinajstić information content (AvgIpc) is 1.96. The largest absolute Gasteiger partial charge is 0.309 e. The Morgan fingerprint density at radius 2 is 1.92 bits per heavy atom. The molecule has 0 fully saturated rings. The van der Waals surface area contributed by atoms with Crippen LogP contribution >= 0.6 is 15.9 Å². The third-order valence-electron chi connectivity index (χ3n) is 1.56. The fraction of sp³-hybridized carbons (Fsp3) is 0.500. The molecule has 12 heavy (non-hydrogen) atoms. The van der Waals surface area contributed by atoms with Gasteiger partial charge >= 0.3 is 6.08 Å². The van der Waals surface area contributed by atoms with E-state index in [-0.39, 0.29) is 5.92 Å². The van der Waals surface area contributed by atoms with E-state index in [1.54, 1.807) is 6.92 Å². The van der Waals surface area contributed by atoms with Gasteiger partial charge in [-0.2, -0.15) is 4.39 Å². The molecule has 0 atom stereocenters. The van der Waals surface area contributed by atoms with E-state index in [0.29, 0.717) is 5.69 Å². The van der Waals surface area contributed by atoms with Gasteiger partial charge in [0, 0.05) is 0 Å². The molecule has 1 rings (SSSR count).